The predicted octanol–water partition coefficient (Wildman–Crippen LogP) is 4.90. The summed E-state index contributed by atoms with van der Waals surface area (Å²) in [5.41, 5.74) is 1.03. The van der Waals surface area contributed by atoms with Gasteiger partial charge in [-0.2, -0.15) is 13.2 Å². The number of anilines is 2. The van der Waals surface area contributed by atoms with E-state index in [2.05, 4.69) is 21.3 Å². The van der Waals surface area contributed by atoms with Gasteiger partial charge in [-0.15, -0.1) is 0 Å². The van der Waals surface area contributed by atoms with Crippen molar-refractivity contribution in [3.63, 3.8) is 0 Å². The fourth-order valence-electron chi connectivity index (χ4n) is 4.49. The predicted molar refractivity (Wildman–Crippen MR) is 171 cm³/mol. The van der Waals surface area contributed by atoms with Crippen molar-refractivity contribution in [3.8, 4) is 0 Å². The van der Waals surface area contributed by atoms with Crippen LogP contribution >= 0.6 is 11.8 Å². The average Bonchev–Trinajstić information content (AvgIpc) is 3.03. The van der Waals surface area contributed by atoms with Crippen molar-refractivity contribution < 1.29 is 57.5 Å². The Morgan fingerprint density at radius 1 is 0.750 bits per heavy atom. The minimum atomic E-state index is -4.35. The maximum atomic E-state index is 13.4. The van der Waals surface area contributed by atoms with Gasteiger partial charge in [0.05, 0.1) is 29.8 Å². The normalized spacial score (nSPS) is 14.5. The van der Waals surface area contributed by atoms with Crippen LogP contribution < -0.4 is 4.90 Å². The summed E-state index contributed by atoms with van der Waals surface area (Å²) in [4.78, 5) is 47.0. The van der Waals surface area contributed by atoms with E-state index in [-0.39, 0.29) is 0 Å². The molecule has 48 heavy (non-hydrogen) atoms. The number of para-hydroxylation sites is 1. The van der Waals surface area contributed by atoms with Crippen LogP contribution in [0.25, 0.3) is 0 Å². The molecular weight excluding hydrogens is 659 g/mol. The second-order valence-corrected chi connectivity index (χ2v) is 11.1. The molecule has 4 N–H and O–H groups in total. The second-order valence-electron chi connectivity index (χ2n) is 10.00. The van der Waals surface area contributed by atoms with Crippen LogP contribution in [0.2, 0.25) is 0 Å². The van der Waals surface area contributed by atoms with Crippen LogP contribution in [0.15, 0.2) is 89.4 Å². The maximum Gasteiger partial charge on any atom is 0.416 e. The molecule has 0 aliphatic carbocycles. The zero-order valence-corrected chi connectivity index (χ0v) is 26.5. The van der Waals surface area contributed by atoms with E-state index < -0.39 is 35.6 Å². The second kappa shape index (κ2) is 19.8. The highest BCUT2D eigenvalue weighted by Crippen LogP contribution is 2.49. The molecule has 0 radical (unpaired) electrons. The number of rotatable bonds is 12. The molecule has 2 aromatic carbocycles. The molecule has 0 spiro atoms. The van der Waals surface area contributed by atoms with Crippen LogP contribution in [0.1, 0.15) is 12.0 Å². The Kier molecular flexibility index (Phi) is 16.2. The third-order valence-corrected chi connectivity index (χ3v) is 7.78. The minimum absolute atomic E-state index is 0.558. The zero-order valence-electron chi connectivity index (χ0n) is 25.7. The van der Waals surface area contributed by atoms with Crippen molar-refractivity contribution in [2.24, 2.45) is 0 Å². The third-order valence-electron chi connectivity index (χ3n) is 6.65. The van der Waals surface area contributed by atoms with Crippen LogP contribution in [0, 0.1) is 0 Å². The summed E-state index contributed by atoms with van der Waals surface area (Å²) in [6, 6.07) is 12.0. The van der Waals surface area contributed by atoms with Gasteiger partial charge in [-0.1, -0.05) is 30.5 Å². The molecule has 1 fully saturated rings. The molecule has 0 saturated carbocycles. The highest BCUT2D eigenvalue weighted by Gasteiger charge is 2.33. The summed E-state index contributed by atoms with van der Waals surface area (Å²) < 4.78 is 45.3. The first-order valence-electron chi connectivity index (χ1n) is 14.4. The Hall–Kier alpha value is -4.80. The number of carboxylic acid groups (broad SMARTS) is 4. The van der Waals surface area contributed by atoms with Crippen LogP contribution in [0.3, 0.4) is 0 Å². The number of benzene rings is 2. The van der Waals surface area contributed by atoms with Crippen LogP contribution in [-0.2, 0) is 30.1 Å². The van der Waals surface area contributed by atoms with Gasteiger partial charge in [0.15, 0.2) is 0 Å². The molecule has 2 aliphatic heterocycles. The zero-order chi connectivity index (χ0) is 35.7. The van der Waals surface area contributed by atoms with Crippen LogP contribution in [-0.4, -0.2) is 107 Å². The van der Waals surface area contributed by atoms with Crippen LogP contribution in [0.4, 0.5) is 24.5 Å². The Morgan fingerprint density at radius 3 is 1.75 bits per heavy atom. The number of ether oxygens (including phenoxy) is 1. The number of piperazine rings is 1. The Morgan fingerprint density at radius 2 is 1.25 bits per heavy atom. The largest absolute Gasteiger partial charge is 0.500 e. The Labute approximate surface area is 279 Å². The molecular formula is C32H36F3N3O9S. The standard InChI is InChI=1S/C24H28F3N3OS.2C4H4O4/c1-2-31-17-16-29-14-12-28(13-15-29)10-5-11-30-20-6-3-4-7-22(20)32-23-9-8-19(18-21(23)30)24(25,26)27;2*5-3(6)1-2-4(7)8/h2-4,6-9,18H,1,5,10-17H2;2*1-2H,(H,5,6)(H,7,8)/b;2*2-1-. The van der Waals surface area contributed by atoms with Crippen molar-refractivity contribution in [1.82, 2.24) is 9.80 Å². The summed E-state index contributed by atoms with van der Waals surface area (Å²) in [5.74, 6) is -5.03. The monoisotopic (exact) mass is 695 g/mol. The molecule has 1 saturated heterocycles. The number of aliphatic carboxylic acids is 4. The van der Waals surface area contributed by atoms with E-state index >= 15 is 0 Å². The first-order chi connectivity index (χ1) is 22.7. The number of halogens is 3. The van der Waals surface area contributed by atoms with Crippen LogP contribution in [0.5, 0.6) is 0 Å². The molecule has 12 nitrogen and oxygen atoms in total. The van der Waals surface area contributed by atoms with Crippen molar-refractivity contribution in [3.05, 3.63) is 85.2 Å². The van der Waals surface area contributed by atoms with Gasteiger partial charge >= 0.3 is 30.1 Å². The van der Waals surface area contributed by atoms with E-state index in [4.69, 9.17) is 25.2 Å². The van der Waals surface area contributed by atoms with Crippen molar-refractivity contribution in [2.45, 2.75) is 22.4 Å². The number of nitrogens with zero attached hydrogens (tertiary/aromatic N) is 3. The quantitative estimate of drug-likeness (QED) is 0.135. The number of hydrogen-bond acceptors (Lipinski definition) is 9. The molecule has 2 aliphatic rings. The van der Waals surface area contributed by atoms with Crippen molar-refractivity contribution in [1.29, 1.82) is 0 Å². The maximum absolute atomic E-state index is 13.4. The fraction of sp³-hybridized carbons (Fsp3) is 0.312. The van der Waals surface area contributed by atoms with Gasteiger partial charge in [0, 0.05) is 73.4 Å². The number of carbonyl (C=O) groups is 4. The summed E-state index contributed by atoms with van der Waals surface area (Å²) in [6.45, 7) is 10.7. The molecule has 0 unspecified atom stereocenters. The Balaban J connectivity index is 0.000000414. The lowest BCUT2D eigenvalue weighted by molar-refractivity contribution is -0.137. The highest BCUT2D eigenvalue weighted by molar-refractivity contribution is 7.99. The van der Waals surface area contributed by atoms with Gasteiger partial charge in [0.25, 0.3) is 0 Å². The Bertz CT molecular complexity index is 1410. The molecule has 2 heterocycles. The smallest absolute Gasteiger partial charge is 0.416 e. The van der Waals surface area contributed by atoms with Crippen molar-refractivity contribution in [2.75, 3.05) is 57.3 Å². The van der Waals surface area contributed by atoms with E-state index in [0.717, 1.165) is 61.2 Å². The lowest BCUT2D eigenvalue weighted by Crippen LogP contribution is -2.47. The summed E-state index contributed by atoms with van der Waals surface area (Å²) in [6.07, 6.45) is 0.242. The molecule has 260 valence electrons. The molecule has 0 aromatic heterocycles. The van der Waals surface area contributed by atoms with Gasteiger partial charge in [-0.25, -0.2) is 19.2 Å². The number of fused-ring (bicyclic) bond motifs is 2. The average molecular weight is 696 g/mol. The molecule has 2 aromatic rings. The highest BCUT2D eigenvalue weighted by atomic mass is 32.2. The molecule has 0 atom stereocenters. The lowest BCUT2D eigenvalue weighted by Gasteiger charge is -2.36. The summed E-state index contributed by atoms with van der Waals surface area (Å²) >= 11 is 1.53. The van der Waals surface area contributed by atoms with E-state index in [1.54, 1.807) is 6.07 Å². The number of carboxylic acids is 4. The first kappa shape index (κ1) is 39.4. The molecule has 0 amide bonds. The fourth-order valence-corrected chi connectivity index (χ4v) is 5.56. The third kappa shape index (κ3) is 14.3. The van der Waals surface area contributed by atoms with Gasteiger partial charge in [0.2, 0.25) is 0 Å². The molecule has 16 heteroatoms. The van der Waals surface area contributed by atoms with E-state index in [1.807, 2.05) is 24.3 Å². The van der Waals surface area contributed by atoms with Gasteiger partial charge < -0.3 is 35.0 Å². The van der Waals surface area contributed by atoms with Gasteiger partial charge in [-0.3, -0.25) is 4.90 Å². The van der Waals surface area contributed by atoms with Crippen molar-refractivity contribution >= 4 is 47.0 Å². The van der Waals surface area contributed by atoms with Gasteiger partial charge in [-0.05, 0) is 43.3 Å². The molecule has 4 rings (SSSR count). The van der Waals surface area contributed by atoms with E-state index in [1.165, 1.54) is 30.2 Å². The lowest BCUT2D eigenvalue weighted by atomic mass is 10.1. The summed E-state index contributed by atoms with van der Waals surface area (Å²) in [7, 11) is 0. The SMILES string of the molecule is C=COCCN1CCN(CCCN2c3ccccc3Sc3ccc(C(F)(F)F)cc32)CC1.O=C(O)/C=C\C(=O)O.O=C(O)/C=C\C(=O)O. The number of hydrogen-bond donors (Lipinski definition) is 4. The minimum Gasteiger partial charge on any atom is -0.500 e. The molecule has 0 bridgehead atoms. The topological polar surface area (TPSA) is 168 Å². The van der Waals surface area contributed by atoms with Gasteiger partial charge in [0.1, 0.15) is 0 Å². The van der Waals surface area contributed by atoms with E-state index in [0.29, 0.717) is 43.1 Å². The number of alkyl halides is 3. The summed E-state index contributed by atoms with van der Waals surface area (Å²) in [5, 5.41) is 31.2. The first-order valence-corrected chi connectivity index (χ1v) is 15.2. The van der Waals surface area contributed by atoms with E-state index in [9.17, 15) is 32.3 Å².